The second kappa shape index (κ2) is 10.1. The number of rotatable bonds is 9. The van der Waals surface area contributed by atoms with Crippen LogP contribution in [-0.4, -0.2) is 26.1 Å². The maximum Gasteiger partial charge on any atom is 0.387 e. The zero-order chi connectivity index (χ0) is 20.6. The lowest BCUT2D eigenvalue weighted by atomic mass is 10.1. The lowest BCUT2D eigenvalue weighted by molar-refractivity contribution is -0.885. The number of benzene rings is 2. The molecule has 0 aliphatic carbocycles. The summed E-state index contributed by atoms with van der Waals surface area (Å²) in [5, 5.41) is 5.13. The topological polar surface area (TPSA) is 42.8 Å². The van der Waals surface area contributed by atoms with Crippen molar-refractivity contribution in [2.45, 2.75) is 19.2 Å². The predicted octanol–water partition coefficient (Wildman–Crippen LogP) is 3.27. The van der Waals surface area contributed by atoms with Gasteiger partial charge in [0, 0.05) is 10.4 Å². The van der Waals surface area contributed by atoms with Gasteiger partial charge in [0.25, 0.3) is 5.91 Å². The molecule has 0 saturated carbocycles. The Bertz CT molecular complexity index is 887. The summed E-state index contributed by atoms with van der Waals surface area (Å²) in [4.78, 5) is 14.7. The molecular weight excluding hydrogens is 394 g/mol. The number of carbonyl (C=O) groups excluding carboxylic acids is 1. The second-order valence-electron chi connectivity index (χ2n) is 6.76. The molecule has 3 aromatic rings. The Hall–Kier alpha value is -2.77. The molecule has 3 rings (SSSR count). The van der Waals surface area contributed by atoms with Crippen LogP contribution in [0.5, 0.6) is 5.75 Å². The Morgan fingerprint density at radius 3 is 2.41 bits per heavy atom. The van der Waals surface area contributed by atoms with E-state index in [2.05, 4.69) is 10.1 Å². The SMILES string of the molecule is C[NH+](CC(=O)N[C@H](c1ccccc1)c1cccs1)Cc1ccc(OC(F)F)cc1. The highest BCUT2D eigenvalue weighted by Gasteiger charge is 2.20. The summed E-state index contributed by atoms with van der Waals surface area (Å²) >= 11 is 1.61. The average Bonchev–Trinajstić information content (AvgIpc) is 3.22. The predicted molar refractivity (Wildman–Crippen MR) is 109 cm³/mol. The van der Waals surface area contributed by atoms with E-state index in [-0.39, 0.29) is 17.7 Å². The monoisotopic (exact) mass is 417 g/mol. The summed E-state index contributed by atoms with van der Waals surface area (Å²) in [6.45, 7) is -1.94. The van der Waals surface area contributed by atoms with Crippen LogP contribution in [-0.2, 0) is 11.3 Å². The van der Waals surface area contributed by atoms with Crippen molar-refractivity contribution in [2.75, 3.05) is 13.6 Å². The molecule has 152 valence electrons. The zero-order valence-corrected chi connectivity index (χ0v) is 16.8. The molecule has 1 heterocycles. The molecule has 2 N–H and O–H groups in total. The first-order chi connectivity index (χ1) is 14.0. The number of amides is 1. The van der Waals surface area contributed by atoms with Crippen molar-refractivity contribution in [3.05, 3.63) is 88.1 Å². The van der Waals surface area contributed by atoms with Gasteiger partial charge in [0.05, 0.1) is 13.1 Å². The van der Waals surface area contributed by atoms with E-state index in [9.17, 15) is 13.6 Å². The number of hydrogen-bond acceptors (Lipinski definition) is 3. The van der Waals surface area contributed by atoms with E-state index in [0.717, 1.165) is 20.9 Å². The van der Waals surface area contributed by atoms with Crippen molar-refractivity contribution in [2.24, 2.45) is 0 Å². The fourth-order valence-electron chi connectivity index (χ4n) is 3.11. The fourth-order valence-corrected chi connectivity index (χ4v) is 3.91. The number of likely N-dealkylation sites (N-methyl/N-ethyl adjacent to an activating group) is 1. The molecule has 29 heavy (non-hydrogen) atoms. The van der Waals surface area contributed by atoms with E-state index < -0.39 is 6.61 Å². The summed E-state index contributed by atoms with van der Waals surface area (Å²) < 4.78 is 28.8. The standard InChI is InChI=1S/C22H22F2N2O2S/c1-26(14-16-9-11-18(12-10-16)28-22(23)24)15-20(27)25-21(19-8-5-13-29-19)17-6-3-2-4-7-17/h2-13,21-22H,14-15H2,1H3,(H,25,27)/p+1/t21-/m1/s1. The van der Waals surface area contributed by atoms with Crippen LogP contribution in [0.2, 0.25) is 0 Å². The fraction of sp³-hybridized carbons (Fsp3) is 0.227. The minimum Gasteiger partial charge on any atom is -0.435 e. The Balaban J connectivity index is 1.58. The lowest BCUT2D eigenvalue weighted by Gasteiger charge is -2.20. The third kappa shape index (κ3) is 6.37. The minimum atomic E-state index is -2.83. The zero-order valence-electron chi connectivity index (χ0n) is 16.0. The van der Waals surface area contributed by atoms with Gasteiger partial charge in [0.1, 0.15) is 12.3 Å². The normalized spacial score (nSPS) is 13.1. The molecule has 0 saturated heterocycles. The molecule has 2 atom stereocenters. The minimum absolute atomic E-state index is 0.0533. The quantitative estimate of drug-likeness (QED) is 0.561. The Kier molecular flexibility index (Phi) is 7.32. The summed E-state index contributed by atoms with van der Waals surface area (Å²) in [6.07, 6.45) is 0. The van der Waals surface area contributed by atoms with Crippen molar-refractivity contribution >= 4 is 17.2 Å². The smallest absolute Gasteiger partial charge is 0.387 e. The molecule has 0 spiro atoms. The van der Waals surface area contributed by atoms with Gasteiger partial charge in [-0.25, -0.2) is 0 Å². The number of carbonyl (C=O) groups is 1. The van der Waals surface area contributed by atoms with Crippen molar-refractivity contribution in [1.82, 2.24) is 5.32 Å². The van der Waals surface area contributed by atoms with Gasteiger partial charge >= 0.3 is 6.61 Å². The number of thiophene rings is 1. The highest BCUT2D eigenvalue weighted by Crippen LogP contribution is 2.25. The summed E-state index contributed by atoms with van der Waals surface area (Å²) in [5.41, 5.74) is 1.98. The van der Waals surface area contributed by atoms with Crippen LogP contribution in [0.25, 0.3) is 0 Å². The molecule has 0 radical (unpaired) electrons. The number of nitrogens with one attached hydrogen (secondary N) is 2. The molecule has 1 aromatic heterocycles. The third-order valence-electron chi connectivity index (χ3n) is 4.38. The maximum absolute atomic E-state index is 12.7. The maximum atomic E-state index is 12.7. The molecule has 0 aliphatic rings. The van der Waals surface area contributed by atoms with Gasteiger partial charge in [-0.05, 0) is 41.3 Å². The molecule has 0 aliphatic heterocycles. The molecule has 1 unspecified atom stereocenters. The van der Waals surface area contributed by atoms with E-state index in [4.69, 9.17) is 0 Å². The first-order valence-electron chi connectivity index (χ1n) is 9.24. The largest absolute Gasteiger partial charge is 0.435 e. The molecular formula is C22H23F2N2O2S+. The second-order valence-corrected chi connectivity index (χ2v) is 7.74. The van der Waals surface area contributed by atoms with E-state index in [1.807, 2.05) is 54.9 Å². The van der Waals surface area contributed by atoms with Gasteiger partial charge in [-0.2, -0.15) is 8.78 Å². The number of hydrogen-bond donors (Lipinski definition) is 2. The summed E-state index contributed by atoms with van der Waals surface area (Å²) in [6, 6.07) is 20.2. The lowest BCUT2D eigenvalue weighted by Crippen LogP contribution is -3.08. The molecule has 0 fully saturated rings. The van der Waals surface area contributed by atoms with Gasteiger partial charge in [-0.15, -0.1) is 11.3 Å². The molecule has 2 aromatic carbocycles. The Morgan fingerprint density at radius 1 is 1.07 bits per heavy atom. The van der Waals surface area contributed by atoms with Crippen molar-refractivity contribution in [3.63, 3.8) is 0 Å². The highest BCUT2D eigenvalue weighted by molar-refractivity contribution is 7.10. The van der Waals surface area contributed by atoms with E-state index in [0.29, 0.717) is 13.1 Å². The van der Waals surface area contributed by atoms with Crippen LogP contribution in [0.3, 0.4) is 0 Å². The Labute approximate surface area is 172 Å². The molecule has 7 heteroatoms. The third-order valence-corrected chi connectivity index (χ3v) is 5.32. The van der Waals surface area contributed by atoms with Gasteiger partial charge in [-0.3, -0.25) is 4.79 Å². The first kappa shape index (κ1) is 21.0. The summed E-state index contributed by atoms with van der Waals surface area (Å²) in [7, 11) is 1.92. The van der Waals surface area contributed by atoms with Crippen molar-refractivity contribution in [1.29, 1.82) is 0 Å². The van der Waals surface area contributed by atoms with Gasteiger partial charge in [-0.1, -0.05) is 36.4 Å². The van der Waals surface area contributed by atoms with E-state index in [1.54, 1.807) is 23.5 Å². The van der Waals surface area contributed by atoms with Gasteiger partial charge in [0.15, 0.2) is 6.54 Å². The number of ether oxygens (including phenoxy) is 1. The van der Waals surface area contributed by atoms with Crippen LogP contribution in [0, 0.1) is 0 Å². The molecule has 4 nitrogen and oxygen atoms in total. The van der Waals surface area contributed by atoms with Crippen LogP contribution in [0.15, 0.2) is 72.1 Å². The van der Waals surface area contributed by atoms with Crippen LogP contribution in [0.1, 0.15) is 22.0 Å². The van der Waals surface area contributed by atoms with E-state index >= 15 is 0 Å². The first-order valence-corrected chi connectivity index (χ1v) is 10.1. The number of halogens is 2. The molecule has 1 amide bonds. The van der Waals surface area contributed by atoms with Gasteiger partial charge in [0.2, 0.25) is 0 Å². The number of alkyl halides is 2. The van der Waals surface area contributed by atoms with Crippen molar-refractivity contribution < 1.29 is 23.2 Å². The van der Waals surface area contributed by atoms with Crippen molar-refractivity contribution in [3.8, 4) is 5.75 Å². The molecule has 0 bridgehead atoms. The summed E-state index contributed by atoms with van der Waals surface area (Å²) in [5.74, 6) is 0.0724. The van der Waals surface area contributed by atoms with Gasteiger partial charge < -0.3 is 15.0 Å². The Morgan fingerprint density at radius 2 is 1.79 bits per heavy atom. The number of quaternary nitrogens is 1. The van der Waals surface area contributed by atoms with Crippen LogP contribution in [0.4, 0.5) is 8.78 Å². The van der Waals surface area contributed by atoms with Crippen LogP contribution >= 0.6 is 11.3 Å². The van der Waals surface area contributed by atoms with E-state index in [1.165, 1.54) is 12.1 Å². The average molecular weight is 418 g/mol. The van der Waals surface area contributed by atoms with Crippen LogP contribution < -0.4 is 15.0 Å². The highest BCUT2D eigenvalue weighted by atomic mass is 32.1.